The van der Waals surface area contributed by atoms with Crippen LogP contribution in [-0.4, -0.2) is 24.3 Å². The summed E-state index contributed by atoms with van der Waals surface area (Å²) in [5.41, 5.74) is 1.38. The smallest absolute Gasteiger partial charge is 0.0645 e. The predicted molar refractivity (Wildman–Crippen MR) is 76.9 cm³/mol. The molecule has 1 rings (SSSR count). The molecule has 0 fully saturated rings. The van der Waals surface area contributed by atoms with E-state index in [0.717, 1.165) is 39.1 Å². The Bertz CT molecular complexity index is 309. The lowest BCUT2D eigenvalue weighted by molar-refractivity contribution is 0.123. The fourth-order valence-electron chi connectivity index (χ4n) is 2.07. The molecule has 1 aromatic rings. The van der Waals surface area contributed by atoms with Crippen LogP contribution in [0, 0.1) is 0 Å². The Morgan fingerprint density at radius 3 is 2.78 bits per heavy atom. The van der Waals surface area contributed by atoms with E-state index in [0.29, 0.717) is 6.04 Å². The Balaban J connectivity index is 2.33. The third kappa shape index (κ3) is 5.23. The van der Waals surface area contributed by atoms with Gasteiger partial charge in [0.25, 0.3) is 0 Å². The first kappa shape index (κ1) is 15.3. The van der Waals surface area contributed by atoms with E-state index in [9.17, 15) is 0 Å². The maximum Gasteiger partial charge on any atom is 0.0645 e. The molecule has 0 aliphatic carbocycles. The van der Waals surface area contributed by atoms with Crippen LogP contribution in [0.3, 0.4) is 0 Å². The van der Waals surface area contributed by atoms with E-state index in [4.69, 9.17) is 4.74 Å². The molecule has 1 N–H and O–H groups in total. The largest absolute Gasteiger partial charge is 0.380 e. The van der Waals surface area contributed by atoms with Crippen molar-refractivity contribution in [2.45, 2.75) is 52.6 Å². The third-order valence-corrected chi connectivity index (χ3v) is 3.17. The molecule has 1 heterocycles. The van der Waals surface area contributed by atoms with Crippen LogP contribution >= 0.6 is 0 Å². The van der Waals surface area contributed by atoms with E-state index < -0.39 is 0 Å². The number of nitrogens with one attached hydrogen (secondary N) is 1. The predicted octanol–water partition coefficient (Wildman–Crippen LogP) is 3.37. The maximum absolute atomic E-state index is 5.59. The zero-order valence-electron chi connectivity index (χ0n) is 12.1. The number of nitrogens with zero attached hydrogens (tertiary/aromatic N) is 1. The highest BCUT2D eigenvalue weighted by atomic mass is 16.5. The average molecular weight is 252 g/mol. The average Bonchev–Trinajstić information content (AvgIpc) is 2.84. The quantitative estimate of drug-likeness (QED) is 0.646. The molecular weight excluding hydrogens is 224 g/mol. The van der Waals surface area contributed by atoms with Crippen molar-refractivity contribution in [2.24, 2.45) is 0 Å². The maximum atomic E-state index is 5.59. The van der Waals surface area contributed by atoms with Crippen LogP contribution in [0.2, 0.25) is 0 Å². The molecule has 0 aliphatic rings. The van der Waals surface area contributed by atoms with Crippen LogP contribution in [0.15, 0.2) is 18.5 Å². The Morgan fingerprint density at radius 2 is 2.11 bits per heavy atom. The summed E-state index contributed by atoms with van der Waals surface area (Å²) in [6.45, 7) is 10.2. The van der Waals surface area contributed by atoms with Crippen molar-refractivity contribution >= 4 is 0 Å². The van der Waals surface area contributed by atoms with Crippen molar-refractivity contribution in [3.63, 3.8) is 0 Å². The van der Waals surface area contributed by atoms with Crippen LogP contribution in [0.1, 0.15) is 51.6 Å². The third-order valence-electron chi connectivity index (χ3n) is 3.17. The molecule has 1 aromatic heterocycles. The first-order valence-electron chi connectivity index (χ1n) is 7.28. The van der Waals surface area contributed by atoms with Gasteiger partial charge in [-0.1, -0.05) is 27.2 Å². The van der Waals surface area contributed by atoms with Gasteiger partial charge >= 0.3 is 0 Å². The molecule has 0 spiro atoms. The molecule has 0 amide bonds. The van der Waals surface area contributed by atoms with Crippen LogP contribution in [0.25, 0.3) is 0 Å². The fraction of sp³-hybridized carbons (Fsp3) is 0.733. The summed E-state index contributed by atoms with van der Waals surface area (Å²) in [6, 6.07) is 2.69. The lowest BCUT2D eigenvalue weighted by Gasteiger charge is -2.14. The van der Waals surface area contributed by atoms with Crippen LogP contribution in [-0.2, 0) is 11.3 Å². The SMILES string of the molecule is CCCCOCCn1ccc(C(CC)NCC)c1. The Morgan fingerprint density at radius 1 is 1.28 bits per heavy atom. The molecule has 0 saturated heterocycles. The van der Waals surface area contributed by atoms with Crippen molar-refractivity contribution in [3.05, 3.63) is 24.0 Å². The van der Waals surface area contributed by atoms with E-state index in [1.54, 1.807) is 0 Å². The summed E-state index contributed by atoms with van der Waals surface area (Å²) in [5, 5.41) is 3.50. The van der Waals surface area contributed by atoms with Crippen molar-refractivity contribution in [1.82, 2.24) is 9.88 Å². The van der Waals surface area contributed by atoms with Gasteiger partial charge in [-0.05, 0) is 31.0 Å². The summed E-state index contributed by atoms with van der Waals surface area (Å²) in [6.07, 6.45) is 7.88. The van der Waals surface area contributed by atoms with Gasteiger partial charge in [0.2, 0.25) is 0 Å². The van der Waals surface area contributed by atoms with Crippen LogP contribution in [0.5, 0.6) is 0 Å². The summed E-state index contributed by atoms with van der Waals surface area (Å²) in [5.74, 6) is 0. The van der Waals surface area contributed by atoms with Gasteiger partial charge < -0.3 is 14.6 Å². The second kappa shape index (κ2) is 9.17. The molecule has 0 aromatic carbocycles. The van der Waals surface area contributed by atoms with Gasteiger partial charge in [0, 0.05) is 31.6 Å². The summed E-state index contributed by atoms with van der Waals surface area (Å²) < 4.78 is 7.81. The summed E-state index contributed by atoms with van der Waals surface area (Å²) >= 11 is 0. The van der Waals surface area contributed by atoms with E-state index in [1.165, 1.54) is 12.0 Å². The van der Waals surface area contributed by atoms with Crippen molar-refractivity contribution in [3.8, 4) is 0 Å². The number of hydrogen-bond donors (Lipinski definition) is 1. The number of hydrogen-bond acceptors (Lipinski definition) is 2. The zero-order chi connectivity index (χ0) is 13.2. The lowest BCUT2D eigenvalue weighted by Crippen LogP contribution is -2.19. The highest BCUT2D eigenvalue weighted by Crippen LogP contribution is 2.16. The highest BCUT2D eigenvalue weighted by molar-refractivity contribution is 5.15. The fourth-order valence-corrected chi connectivity index (χ4v) is 2.07. The lowest BCUT2D eigenvalue weighted by atomic mass is 10.1. The molecule has 0 radical (unpaired) electrons. The van der Waals surface area contributed by atoms with Gasteiger partial charge in [0.15, 0.2) is 0 Å². The van der Waals surface area contributed by atoms with E-state index in [1.807, 2.05) is 0 Å². The zero-order valence-corrected chi connectivity index (χ0v) is 12.1. The van der Waals surface area contributed by atoms with Gasteiger partial charge in [-0.15, -0.1) is 0 Å². The molecule has 104 valence electrons. The van der Waals surface area contributed by atoms with E-state index >= 15 is 0 Å². The minimum Gasteiger partial charge on any atom is -0.380 e. The molecule has 1 atom stereocenters. The van der Waals surface area contributed by atoms with Crippen molar-refractivity contribution in [2.75, 3.05) is 19.8 Å². The molecule has 3 nitrogen and oxygen atoms in total. The van der Waals surface area contributed by atoms with Gasteiger partial charge in [-0.3, -0.25) is 0 Å². The normalized spacial score (nSPS) is 12.8. The Hall–Kier alpha value is -0.800. The first-order chi connectivity index (χ1) is 8.81. The molecule has 0 saturated carbocycles. The van der Waals surface area contributed by atoms with Crippen molar-refractivity contribution in [1.29, 1.82) is 0 Å². The second-order valence-electron chi connectivity index (χ2n) is 4.67. The van der Waals surface area contributed by atoms with Gasteiger partial charge in [-0.2, -0.15) is 0 Å². The number of unbranched alkanes of at least 4 members (excludes halogenated alkanes) is 1. The van der Waals surface area contributed by atoms with Gasteiger partial charge in [-0.25, -0.2) is 0 Å². The van der Waals surface area contributed by atoms with Crippen molar-refractivity contribution < 1.29 is 4.74 Å². The Labute approximate surface area is 112 Å². The first-order valence-corrected chi connectivity index (χ1v) is 7.28. The number of ether oxygens (including phenoxy) is 1. The standard InChI is InChI=1S/C15H28N2O/c1-4-7-11-18-12-10-17-9-8-14(13-17)15(5-2)16-6-3/h8-9,13,15-16H,4-7,10-12H2,1-3H3. The van der Waals surface area contributed by atoms with Crippen LogP contribution in [0.4, 0.5) is 0 Å². The number of aromatic nitrogens is 1. The topological polar surface area (TPSA) is 26.2 Å². The minimum absolute atomic E-state index is 0.484. The van der Waals surface area contributed by atoms with E-state index in [2.05, 4.69) is 49.1 Å². The van der Waals surface area contributed by atoms with Gasteiger partial charge in [0.1, 0.15) is 0 Å². The van der Waals surface area contributed by atoms with Crippen LogP contribution < -0.4 is 5.32 Å². The van der Waals surface area contributed by atoms with Gasteiger partial charge in [0.05, 0.1) is 6.61 Å². The Kier molecular flexibility index (Phi) is 7.78. The summed E-state index contributed by atoms with van der Waals surface area (Å²) in [4.78, 5) is 0. The molecule has 18 heavy (non-hydrogen) atoms. The molecule has 3 heteroatoms. The molecular formula is C15H28N2O. The molecule has 1 unspecified atom stereocenters. The second-order valence-corrected chi connectivity index (χ2v) is 4.67. The minimum atomic E-state index is 0.484. The highest BCUT2D eigenvalue weighted by Gasteiger charge is 2.08. The monoisotopic (exact) mass is 252 g/mol. The summed E-state index contributed by atoms with van der Waals surface area (Å²) in [7, 11) is 0. The number of rotatable bonds is 10. The molecule has 0 aliphatic heterocycles. The molecule has 0 bridgehead atoms. The van der Waals surface area contributed by atoms with E-state index in [-0.39, 0.29) is 0 Å².